The van der Waals surface area contributed by atoms with Gasteiger partial charge in [0.05, 0.1) is 7.11 Å². The van der Waals surface area contributed by atoms with E-state index in [4.69, 9.17) is 4.74 Å². The van der Waals surface area contributed by atoms with E-state index in [0.29, 0.717) is 0 Å². The highest BCUT2D eigenvalue weighted by molar-refractivity contribution is 9.10. The molecule has 2 aromatic rings. The molecule has 1 nitrogen and oxygen atoms in total. The second-order valence-electron chi connectivity index (χ2n) is 5.04. The molecule has 0 heterocycles. The summed E-state index contributed by atoms with van der Waals surface area (Å²) in [5.41, 5.74) is 2.53. The Morgan fingerprint density at radius 2 is 1.57 bits per heavy atom. The third kappa shape index (κ3) is 3.91. The lowest BCUT2D eigenvalue weighted by molar-refractivity contribution is 0.404. The summed E-state index contributed by atoms with van der Waals surface area (Å²) < 4.78 is 6.60. The Balaban J connectivity index is 2.40. The first-order chi connectivity index (χ1) is 10.1. The summed E-state index contributed by atoms with van der Waals surface area (Å²) >= 11 is 10.9. The first-order valence-electron chi connectivity index (χ1n) is 6.65. The van der Waals surface area contributed by atoms with E-state index < -0.39 is 0 Å². The van der Waals surface area contributed by atoms with Crippen molar-refractivity contribution in [1.29, 1.82) is 0 Å². The molecule has 21 heavy (non-hydrogen) atoms. The van der Waals surface area contributed by atoms with Crippen LogP contribution >= 0.6 is 47.8 Å². The van der Waals surface area contributed by atoms with Crippen molar-refractivity contribution in [2.75, 3.05) is 17.8 Å². The van der Waals surface area contributed by atoms with Gasteiger partial charge in [-0.2, -0.15) is 0 Å². The maximum absolute atomic E-state index is 5.50. The Kier molecular flexibility index (Phi) is 6.33. The van der Waals surface area contributed by atoms with Gasteiger partial charge < -0.3 is 4.74 Å². The predicted molar refractivity (Wildman–Crippen MR) is 100 cm³/mol. The molecule has 0 unspecified atom stereocenters. The van der Waals surface area contributed by atoms with Crippen LogP contribution in [0.3, 0.4) is 0 Å². The van der Waals surface area contributed by atoms with Gasteiger partial charge >= 0.3 is 0 Å². The number of alkyl halides is 2. The van der Waals surface area contributed by atoms with Gasteiger partial charge in [-0.25, -0.2) is 0 Å². The highest BCUT2D eigenvalue weighted by Gasteiger charge is 2.31. The standard InChI is InChI=1S/C17H17Br3O/c1-21-16-5-3-2-4-13(16)10-17(11-18,12-19)14-6-8-15(20)9-7-14/h2-9H,10-12H2,1H3. The van der Waals surface area contributed by atoms with Crippen LogP contribution in [0.15, 0.2) is 53.0 Å². The van der Waals surface area contributed by atoms with Gasteiger partial charge in [0.2, 0.25) is 0 Å². The molecule has 0 aliphatic heterocycles. The average molecular weight is 477 g/mol. The summed E-state index contributed by atoms with van der Waals surface area (Å²) in [4.78, 5) is 0. The zero-order valence-electron chi connectivity index (χ0n) is 11.8. The molecule has 0 spiro atoms. The summed E-state index contributed by atoms with van der Waals surface area (Å²) in [6.45, 7) is 0. The van der Waals surface area contributed by atoms with Crippen molar-refractivity contribution in [3.63, 3.8) is 0 Å². The number of halogens is 3. The van der Waals surface area contributed by atoms with E-state index in [0.717, 1.165) is 27.3 Å². The van der Waals surface area contributed by atoms with Crippen molar-refractivity contribution in [1.82, 2.24) is 0 Å². The first-order valence-corrected chi connectivity index (χ1v) is 9.68. The number of para-hydroxylation sites is 1. The Labute approximate surface area is 151 Å². The molecule has 0 saturated heterocycles. The number of hydrogen-bond acceptors (Lipinski definition) is 1. The van der Waals surface area contributed by atoms with Crippen molar-refractivity contribution >= 4 is 47.8 Å². The minimum Gasteiger partial charge on any atom is -0.496 e. The molecule has 0 amide bonds. The maximum atomic E-state index is 5.50. The van der Waals surface area contributed by atoms with E-state index in [1.165, 1.54) is 11.1 Å². The van der Waals surface area contributed by atoms with Crippen LogP contribution in [0.4, 0.5) is 0 Å². The molecule has 4 heteroatoms. The van der Waals surface area contributed by atoms with Crippen LogP contribution in [0.1, 0.15) is 11.1 Å². The molecular formula is C17H17Br3O. The van der Waals surface area contributed by atoms with Crippen molar-refractivity contribution in [3.05, 3.63) is 64.1 Å². The number of hydrogen-bond donors (Lipinski definition) is 0. The van der Waals surface area contributed by atoms with Crippen LogP contribution in [-0.2, 0) is 11.8 Å². The molecule has 0 aliphatic rings. The molecule has 0 saturated carbocycles. The molecule has 0 aliphatic carbocycles. The molecule has 0 atom stereocenters. The lowest BCUT2D eigenvalue weighted by Crippen LogP contribution is -2.33. The molecule has 0 fully saturated rings. The van der Waals surface area contributed by atoms with Crippen molar-refractivity contribution in [3.8, 4) is 5.75 Å². The highest BCUT2D eigenvalue weighted by atomic mass is 79.9. The number of ether oxygens (including phenoxy) is 1. The topological polar surface area (TPSA) is 9.23 Å². The van der Waals surface area contributed by atoms with Gasteiger partial charge in [0, 0.05) is 20.5 Å². The third-order valence-corrected chi connectivity index (χ3v) is 6.36. The summed E-state index contributed by atoms with van der Waals surface area (Å²) in [7, 11) is 1.72. The van der Waals surface area contributed by atoms with E-state index in [9.17, 15) is 0 Å². The summed E-state index contributed by atoms with van der Waals surface area (Å²) in [5.74, 6) is 0.945. The van der Waals surface area contributed by atoms with Crippen LogP contribution in [0.25, 0.3) is 0 Å². The Hall–Kier alpha value is -0.320. The monoisotopic (exact) mass is 474 g/mol. The number of rotatable bonds is 6. The largest absolute Gasteiger partial charge is 0.496 e. The fourth-order valence-electron chi connectivity index (χ4n) is 2.40. The molecular weight excluding hydrogens is 460 g/mol. The smallest absolute Gasteiger partial charge is 0.122 e. The summed E-state index contributed by atoms with van der Waals surface area (Å²) in [6, 6.07) is 16.8. The molecule has 2 aromatic carbocycles. The molecule has 112 valence electrons. The second-order valence-corrected chi connectivity index (χ2v) is 7.08. The summed E-state index contributed by atoms with van der Waals surface area (Å²) in [5, 5.41) is 1.76. The van der Waals surface area contributed by atoms with E-state index in [1.54, 1.807) is 7.11 Å². The normalized spacial score (nSPS) is 11.4. The molecule has 0 radical (unpaired) electrons. The van der Waals surface area contributed by atoms with Crippen LogP contribution in [0.2, 0.25) is 0 Å². The molecule has 2 rings (SSSR count). The van der Waals surface area contributed by atoms with Gasteiger partial charge in [-0.05, 0) is 35.7 Å². The van der Waals surface area contributed by atoms with E-state index in [1.807, 2.05) is 12.1 Å². The van der Waals surface area contributed by atoms with E-state index in [2.05, 4.69) is 84.2 Å². The van der Waals surface area contributed by atoms with Crippen molar-refractivity contribution in [2.24, 2.45) is 0 Å². The van der Waals surface area contributed by atoms with Gasteiger partial charge in [0.15, 0.2) is 0 Å². The first kappa shape index (κ1) is 17.0. The lowest BCUT2D eigenvalue weighted by atomic mass is 9.79. The SMILES string of the molecule is COc1ccccc1CC(CBr)(CBr)c1ccc(Br)cc1. The van der Waals surface area contributed by atoms with Gasteiger partial charge in [-0.15, -0.1) is 0 Å². The highest BCUT2D eigenvalue weighted by Crippen LogP contribution is 2.35. The molecule has 0 aromatic heterocycles. The van der Waals surface area contributed by atoms with Crippen molar-refractivity contribution < 1.29 is 4.74 Å². The van der Waals surface area contributed by atoms with Crippen molar-refractivity contribution in [2.45, 2.75) is 11.8 Å². The van der Waals surface area contributed by atoms with Gasteiger partial charge in [-0.1, -0.05) is 78.1 Å². The van der Waals surface area contributed by atoms with Crippen LogP contribution in [0.5, 0.6) is 5.75 Å². The number of methoxy groups -OCH3 is 1. The Bertz CT molecular complexity index is 577. The average Bonchev–Trinajstić information content (AvgIpc) is 2.54. The maximum Gasteiger partial charge on any atom is 0.122 e. The minimum absolute atomic E-state index is 0.00463. The molecule has 0 N–H and O–H groups in total. The minimum atomic E-state index is -0.00463. The second kappa shape index (κ2) is 7.80. The van der Waals surface area contributed by atoms with Crippen LogP contribution in [0, 0.1) is 0 Å². The predicted octanol–water partition coefficient (Wildman–Crippen LogP) is 5.73. The van der Waals surface area contributed by atoms with Gasteiger partial charge in [0.25, 0.3) is 0 Å². The lowest BCUT2D eigenvalue weighted by Gasteiger charge is -2.31. The molecule has 0 bridgehead atoms. The zero-order chi connectivity index (χ0) is 15.3. The Morgan fingerprint density at radius 3 is 2.14 bits per heavy atom. The fourth-order valence-corrected chi connectivity index (χ4v) is 4.64. The number of benzene rings is 2. The zero-order valence-corrected chi connectivity index (χ0v) is 16.5. The quantitative estimate of drug-likeness (QED) is 0.484. The van der Waals surface area contributed by atoms with E-state index >= 15 is 0 Å². The van der Waals surface area contributed by atoms with Crippen LogP contribution in [-0.4, -0.2) is 17.8 Å². The third-order valence-electron chi connectivity index (χ3n) is 3.69. The Morgan fingerprint density at radius 1 is 0.952 bits per heavy atom. The van der Waals surface area contributed by atoms with Gasteiger partial charge in [-0.3, -0.25) is 0 Å². The fraction of sp³-hybridized carbons (Fsp3) is 0.294. The van der Waals surface area contributed by atoms with E-state index in [-0.39, 0.29) is 5.41 Å². The summed E-state index contributed by atoms with van der Waals surface area (Å²) in [6.07, 6.45) is 0.912. The van der Waals surface area contributed by atoms with Gasteiger partial charge in [0.1, 0.15) is 5.75 Å². The van der Waals surface area contributed by atoms with Crippen LogP contribution < -0.4 is 4.74 Å².